The van der Waals surface area contributed by atoms with Gasteiger partial charge in [-0.15, -0.1) is 0 Å². The summed E-state index contributed by atoms with van der Waals surface area (Å²) in [6.45, 7) is 1.60. The largest absolute Gasteiger partial charge is 0.481 e. The summed E-state index contributed by atoms with van der Waals surface area (Å²) >= 11 is 0. The number of hydrogen-bond donors (Lipinski definition) is 2. The van der Waals surface area contributed by atoms with E-state index >= 15 is 0 Å². The lowest BCUT2D eigenvalue weighted by Gasteiger charge is -2.34. The monoisotopic (exact) mass is 254 g/mol. The number of carboxylic acid groups (broad SMARTS) is 1. The van der Waals surface area contributed by atoms with Gasteiger partial charge in [0.1, 0.15) is 0 Å². The summed E-state index contributed by atoms with van der Waals surface area (Å²) in [6.07, 6.45) is 6.94. The third-order valence-electron chi connectivity index (χ3n) is 4.07. The second-order valence-electron chi connectivity index (χ2n) is 5.54. The van der Waals surface area contributed by atoms with E-state index in [2.05, 4.69) is 5.32 Å². The standard InChI is InChI=1S/C13H22N2O3/c16-11(17)10-13(6-2-3-7-13)14-12(18)15-8-4-1-5-9-15/h1-10H2,(H,14,18)(H,16,17). The molecule has 0 aromatic rings. The topological polar surface area (TPSA) is 69.6 Å². The summed E-state index contributed by atoms with van der Waals surface area (Å²) in [4.78, 5) is 24.9. The number of carbonyl (C=O) groups excluding carboxylic acids is 1. The molecule has 18 heavy (non-hydrogen) atoms. The molecular weight excluding hydrogens is 232 g/mol. The van der Waals surface area contributed by atoms with Crippen LogP contribution in [0.25, 0.3) is 0 Å². The van der Waals surface area contributed by atoms with Crippen molar-refractivity contribution in [2.45, 2.75) is 56.9 Å². The molecule has 0 aromatic heterocycles. The van der Waals surface area contributed by atoms with Crippen molar-refractivity contribution in [3.8, 4) is 0 Å². The highest BCUT2D eigenvalue weighted by Gasteiger charge is 2.38. The normalized spacial score (nSPS) is 22.8. The molecule has 5 heteroatoms. The molecule has 0 atom stereocenters. The number of likely N-dealkylation sites (tertiary alicyclic amines) is 1. The van der Waals surface area contributed by atoms with E-state index in [4.69, 9.17) is 5.11 Å². The highest BCUT2D eigenvalue weighted by molar-refractivity contribution is 5.77. The zero-order valence-corrected chi connectivity index (χ0v) is 10.8. The maximum atomic E-state index is 12.2. The number of carboxylic acids is 1. The fraction of sp³-hybridized carbons (Fsp3) is 0.846. The van der Waals surface area contributed by atoms with Crippen LogP contribution < -0.4 is 5.32 Å². The average molecular weight is 254 g/mol. The number of nitrogens with zero attached hydrogens (tertiary/aromatic N) is 1. The molecule has 2 fully saturated rings. The van der Waals surface area contributed by atoms with E-state index in [1.807, 2.05) is 4.90 Å². The smallest absolute Gasteiger partial charge is 0.317 e. The summed E-state index contributed by atoms with van der Waals surface area (Å²) < 4.78 is 0. The van der Waals surface area contributed by atoms with Crippen molar-refractivity contribution in [1.82, 2.24) is 10.2 Å². The maximum absolute atomic E-state index is 12.2. The summed E-state index contributed by atoms with van der Waals surface area (Å²) in [6, 6.07) is -0.0714. The molecular formula is C13H22N2O3. The quantitative estimate of drug-likeness (QED) is 0.809. The zero-order valence-electron chi connectivity index (χ0n) is 10.8. The molecule has 2 amide bonds. The lowest BCUT2D eigenvalue weighted by atomic mass is 9.93. The first-order chi connectivity index (χ1) is 8.61. The van der Waals surface area contributed by atoms with Gasteiger partial charge < -0.3 is 15.3 Å². The van der Waals surface area contributed by atoms with Crippen molar-refractivity contribution < 1.29 is 14.7 Å². The minimum atomic E-state index is -0.823. The zero-order chi connectivity index (χ0) is 13.0. The van der Waals surface area contributed by atoms with Crippen LogP contribution in [0.1, 0.15) is 51.4 Å². The minimum absolute atomic E-state index is 0.0482. The van der Waals surface area contributed by atoms with Crippen LogP contribution in [-0.2, 0) is 4.79 Å². The van der Waals surface area contributed by atoms with Crippen molar-refractivity contribution in [3.63, 3.8) is 0 Å². The lowest BCUT2D eigenvalue weighted by molar-refractivity contribution is -0.138. The van der Waals surface area contributed by atoms with E-state index in [9.17, 15) is 9.59 Å². The predicted molar refractivity (Wildman–Crippen MR) is 67.4 cm³/mol. The molecule has 102 valence electrons. The van der Waals surface area contributed by atoms with Gasteiger partial charge in [0.25, 0.3) is 0 Å². The summed E-state index contributed by atoms with van der Waals surface area (Å²) in [7, 11) is 0. The Hall–Kier alpha value is -1.26. The Kier molecular flexibility index (Phi) is 4.09. The van der Waals surface area contributed by atoms with Crippen LogP contribution in [0, 0.1) is 0 Å². The van der Waals surface area contributed by atoms with Gasteiger partial charge in [-0.1, -0.05) is 12.8 Å². The summed E-state index contributed by atoms with van der Waals surface area (Å²) in [5, 5.41) is 12.0. The molecule has 1 saturated carbocycles. The molecule has 2 rings (SSSR count). The van der Waals surface area contributed by atoms with Crippen LogP contribution in [0.4, 0.5) is 4.79 Å². The number of urea groups is 1. The van der Waals surface area contributed by atoms with Crippen LogP contribution >= 0.6 is 0 Å². The SMILES string of the molecule is O=C(O)CC1(NC(=O)N2CCCCC2)CCCC1. The Balaban J connectivity index is 1.95. The fourth-order valence-electron chi connectivity index (χ4n) is 3.09. The average Bonchev–Trinajstić information content (AvgIpc) is 2.77. The predicted octanol–water partition coefficient (Wildman–Crippen LogP) is 1.97. The summed E-state index contributed by atoms with van der Waals surface area (Å²) in [5.74, 6) is -0.823. The second kappa shape index (κ2) is 5.59. The lowest BCUT2D eigenvalue weighted by Crippen LogP contribution is -2.53. The van der Waals surface area contributed by atoms with Crippen LogP contribution in [-0.4, -0.2) is 40.6 Å². The van der Waals surface area contributed by atoms with Crippen LogP contribution in [0.15, 0.2) is 0 Å². The first kappa shape index (κ1) is 13.2. The first-order valence-electron chi connectivity index (χ1n) is 6.90. The molecule has 0 aromatic carbocycles. The fourth-order valence-corrected chi connectivity index (χ4v) is 3.09. The van der Waals surface area contributed by atoms with Crippen molar-refractivity contribution in [1.29, 1.82) is 0 Å². The molecule has 1 saturated heterocycles. The molecule has 0 radical (unpaired) electrons. The van der Waals surface area contributed by atoms with Crippen molar-refractivity contribution >= 4 is 12.0 Å². The van der Waals surface area contributed by atoms with Crippen LogP contribution in [0.2, 0.25) is 0 Å². The number of rotatable bonds is 3. The van der Waals surface area contributed by atoms with E-state index in [0.29, 0.717) is 0 Å². The molecule has 2 aliphatic rings. The van der Waals surface area contributed by atoms with Gasteiger partial charge in [0.15, 0.2) is 0 Å². The number of aliphatic carboxylic acids is 1. The van der Waals surface area contributed by atoms with Gasteiger partial charge in [-0.25, -0.2) is 4.79 Å². The third kappa shape index (κ3) is 3.15. The van der Waals surface area contributed by atoms with Gasteiger partial charge in [0.2, 0.25) is 0 Å². The van der Waals surface area contributed by atoms with Gasteiger partial charge >= 0.3 is 12.0 Å². The van der Waals surface area contributed by atoms with Crippen LogP contribution in [0.5, 0.6) is 0 Å². The molecule has 5 nitrogen and oxygen atoms in total. The Labute approximate surface area is 108 Å². The van der Waals surface area contributed by atoms with Gasteiger partial charge in [-0.3, -0.25) is 4.79 Å². The number of piperidine rings is 1. The molecule has 2 N–H and O–H groups in total. The van der Waals surface area contributed by atoms with Gasteiger partial charge in [0.05, 0.1) is 12.0 Å². The van der Waals surface area contributed by atoms with Crippen molar-refractivity contribution in [2.75, 3.05) is 13.1 Å². The van der Waals surface area contributed by atoms with E-state index in [1.165, 1.54) is 6.42 Å². The Morgan fingerprint density at radius 3 is 2.22 bits per heavy atom. The molecule has 1 aliphatic carbocycles. The Morgan fingerprint density at radius 2 is 1.67 bits per heavy atom. The Bertz CT molecular complexity index is 318. The highest BCUT2D eigenvalue weighted by atomic mass is 16.4. The molecule has 1 aliphatic heterocycles. The van der Waals surface area contributed by atoms with E-state index in [0.717, 1.165) is 51.6 Å². The van der Waals surface area contributed by atoms with Crippen molar-refractivity contribution in [2.24, 2.45) is 0 Å². The van der Waals surface area contributed by atoms with Crippen LogP contribution in [0.3, 0.4) is 0 Å². The summed E-state index contributed by atoms with van der Waals surface area (Å²) in [5.41, 5.74) is -0.500. The number of nitrogens with one attached hydrogen (secondary N) is 1. The number of amides is 2. The van der Waals surface area contributed by atoms with Gasteiger partial charge in [0, 0.05) is 13.1 Å². The number of hydrogen-bond acceptors (Lipinski definition) is 2. The molecule has 1 heterocycles. The molecule has 0 spiro atoms. The van der Waals surface area contributed by atoms with Crippen molar-refractivity contribution in [3.05, 3.63) is 0 Å². The molecule has 0 unspecified atom stereocenters. The maximum Gasteiger partial charge on any atom is 0.317 e. The highest BCUT2D eigenvalue weighted by Crippen LogP contribution is 2.33. The third-order valence-corrected chi connectivity index (χ3v) is 4.07. The van der Waals surface area contributed by atoms with Gasteiger partial charge in [-0.2, -0.15) is 0 Å². The van der Waals surface area contributed by atoms with E-state index in [1.54, 1.807) is 0 Å². The molecule has 0 bridgehead atoms. The Morgan fingerprint density at radius 1 is 1.06 bits per heavy atom. The van der Waals surface area contributed by atoms with E-state index in [-0.39, 0.29) is 12.5 Å². The minimum Gasteiger partial charge on any atom is -0.481 e. The van der Waals surface area contributed by atoms with E-state index < -0.39 is 11.5 Å². The van der Waals surface area contributed by atoms with Gasteiger partial charge in [-0.05, 0) is 32.1 Å². The first-order valence-corrected chi connectivity index (χ1v) is 6.90. The second-order valence-corrected chi connectivity index (χ2v) is 5.54. The number of carbonyl (C=O) groups is 2.